The number of anilines is 1. The zero-order valence-corrected chi connectivity index (χ0v) is 9.11. The van der Waals surface area contributed by atoms with E-state index in [2.05, 4.69) is 17.3 Å². The zero-order valence-electron chi connectivity index (χ0n) is 9.11. The molecule has 1 aromatic carbocycles. The van der Waals surface area contributed by atoms with Gasteiger partial charge in [0.1, 0.15) is 5.75 Å². The molecule has 1 heterocycles. The van der Waals surface area contributed by atoms with Crippen LogP contribution in [-0.4, -0.2) is 31.3 Å². The van der Waals surface area contributed by atoms with Crippen molar-refractivity contribution in [3.8, 4) is 5.75 Å². The molecule has 2 N–H and O–H groups in total. The van der Waals surface area contributed by atoms with E-state index in [1.165, 1.54) is 18.5 Å². The van der Waals surface area contributed by atoms with Gasteiger partial charge in [-0.25, -0.2) is 0 Å². The first-order chi connectivity index (χ1) is 7.27. The lowest BCUT2D eigenvalue weighted by Gasteiger charge is -2.33. The van der Waals surface area contributed by atoms with Crippen LogP contribution in [0.2, 0.25) is 0 Å². The van der Waals surface area contributed by atoms with E-state index in [0.717, 1.165) is 13.1 Å². The van der Waals surface area contributed by atoms with Gasteiger partial charge >= 0.3 is 0 Å². The van der Waals surface area contributed by atoms with Crippen molar-refractivity contribution in [2.45, 2.75) is 18.9 Å². The van der Waals surface area contributed by atoms with Gasteiger partial charge in [0, 0.05) is 18.8 Å². The Morgan fingerprint density at radius 1 is 1.20 bits per heavy atom. The fourth-order valence-corrected chi connectivity index (χ4v) is 2.09. The molecule has 0 aliphatic carbocycles. The molecule has 1 aromatic rings. The molecule has 2 rings (SSSR count). The molecule has 3 nitrogen and oxygen atoms in total. The lowest BCUT2D eigenvalue weighted by Crippen LogP contribution is -2.41. The predicted molar refractivity (Wildman–Crippen MR) is 62.4 cm³/mol. The zero-order chi connectivity index (χ0) is 10.7. The van der Waals surface area contributed by atoms with E-state index in [0.29, 0.717) is 11.8 Å². The Bertz CT molecular complexity index is 304. The van der Waals surface area contributed by atoms with Crippen LogP contribution in [0.1, 0.15) is 12.8 Å². The smallest absolute Gasteiger partial charge is 0.115 e. The lowest BCUT2D eigenvalue weighted by atomic mass is 10.0. The number of benzene rings is 1. The second-order valence-electron chi connectivity index (χ2n) is 4.11. The summed E-state index contributed by atoms with van der Waals surface area (Å²) in [7, 11) is 2.13. The lowest BCUT2D eigenvalue weighted by molar-refractivity contribution is 0.443. The molecule has 0 amide bonds. The van der Waals surface area contributed by atoms with Gasteiger partial charge in [0.05, 0.1) is 0 Å². The largest absolute Gasteiger partial charge is 0.508 e. The Morgan fingerprint density at radius 3 is 2.40 bits per heavy atom. The number of nitrogens with one attached hydrogen (secondary N) is 1. The Morgan fingerprint density at radius 2 is 1.80 bits per heavy atom. The average Bonchev–Trinajstić information content (AvgIpc) is 2.30. The Hall–Kier alpha value is -1.22. The Labute approximate surface area is 90.7 Å². The third-order valence-electron chi connectivity index (χ3n) is 3.11. The van der Waals surface area contributed by atoms with Gasteiger partial charge in [0.15, 0.2) is 0 Å². The van der Waals surface area contributed by atoms with Crippen molar-refractivity contribution in [1.82, 2.24) is 5.32 Å². The van der Waals surface area contributed by atoms with E-state index in [4.69, 9.17) is 0 Å². The van der Waals surface area contributed by atoms with Crippen LogP contribution in [0.15, 0.2) is 24.3 Å². The SMILES string of the molecule is CN(c1ccc(O)cc1)C1CCNCC1. The minimum Gasteiger partial charge on any atom is -0.508 e. The summed E-state index contributed by atoms with van der Waals surface area (Å²) in [6.45, 7) is 2.21. The molecular formula is C12H18N2O. The van der Waals surface area contributed by atoms with Gasteiger partial charge in [0.2, 0.25) is 0 Å². The van der Waals surface area contributed by atoms with Crippen molar-refractivity contribution in [3.63, 3.8) is 0 Å². The van der Waals surface area contributed by atoms with Crippen LogP contribution >= 0.6 is 0 Å². The molecule has 0 spiro atoms. The summed E-state index contributed by atoms with van der Waals surface area (Å²) >= 11 is 0. The topological polar surface area (TPSA) is 35.5 Å². The second kappa shape index (κ2) is 4.53. The molecule has 1 aliphatic rings. The molecule has 3 heteroatoms. The van der Waals surface area contributed by atoms with Crippen molar-refractivity contribution in [2.24, 2.45) is 0 Å². The van der Waals surface area contributed by atoms with Gasteiger partial charge in [-0.2, -0.15) is 0 Å². The predicted octanol–water partition coefficient (Wildman–Crippen LogP) is 1.58. The molecule has 0 atom stereocenters. The fraction of sp³-hybridized carbons (Fsp3) is 0.500. The summed E-state index contributed by atoms with van der Waals surface area (Å²) in [5.41, 5.74) is 1.18. The first-order valence-corrected chi connectivity index (χ1v) is 5.50. The van der Waals surface area contributed by atoms with Crippen LogP contribution in [0.3, 0.4) is 0 Å². The highest BCUT2D eigenvalue weighted by atomic mass is 16.3. The second-order valence-corrected chi connectivity index (χ2v) is 4.11. The highest BCUT2D eigenvalue weighted by Crippen LogP contribution is 2.22. The standard InChI is InChI=1S/C12H18N2O/c1-14(11-6-8-13-9-7-11)10-2-4-12(15)5-3-10/h2-5,11,13,15H,6-9H2,1H3. The Kier molecular flexibility index (Phi) is 3.11. The van der Waals surface area contributed by atoms with Crippen molar-refractivity contribution in [3.05, 3.63) is 24.3 Å². The summed E-state index contributed by atoms with van der Waals surface area (Å²) in [4.78, 5) is 2.31. The first-order valence-electron chi connectivity index (χ1n) is 5.50. The van der Waals surface area contributed by atoms with Crippen molar-refractivity contribution >= 4 is 5.69 Å². The molecule has 0 unspecified atom stereocenters. The maximum Gasteiger partial charge on any atom is 0.115 e. The van der Waals surface area contributed by atoms with Crippen LogP contribution in [0.25, 0.3) is 0 Å². The van der Waals surface area contributed by atoms with Crippen molar-refractivity contribution in [1.29, 1.82) is 0 Å². The van der Waals surface area contributed by atoms with Crippen LogP contribution in [-0.2, 0) is 0 Å². The summed E-state index contributed by atoms with van der Waals surface area (Å²) in [6, 6.07) is 8.05. The summed E-state index contributed by atoms with van der Waals surface area (Å²) in [6.07, 6.45) is 2.38. The van der Waals surface area contributed by atoms with Crippen LogP contribution in [0, 0.1) is 0 Å². The summed E-state index contributed by atoms with van der Waals surface area (Å²) in [5, 5.41) is 12.6. The number of hydrogen-bond acceptors (Lipinski definition) is 3. The molecule has 0 saturated carbocycles. The molecule has 1 aliphatic heterocycles. The number of hydrogen-bond donors (Lipinski definition) is 2. The van der Waals surface area contributed by atoms with E-state index in [1.807, 2.05) is 12.1 Å². The fourth-order valence-electron chi connectivity index (χ4n) is 2.09. The number of aromatic hydroxyl groups is 1. The highest BCUT2D eigenvalue weighted by molar-refractivity contribution is 5.49. The highest BCUT2D eigenvalue weighted by Gasteiger charge is 2.17. The quantitative estimate of drug-likeness (QED) is 0.771. The van der Waals surface area contributed by atoms with Gasteiger partial charge in [0.25, 0.3) is 0 Å². The molecule has 15 heavy (non-hydrogen) atoms. The van der Waals surface area contributed by atoms with Crippen LogP contribution in [0.4, 0.5) is 5.69 Å². The van der Waals surface area contributed by atoms with E-state index in [9.17, 15) is 5.11 Å². The minimum absolute atomic E-state index is 0.331. The maximum atomic E-state index is 9.22. The van der Waals surface area contributed by atoms with Crippen LogP contribution in [0.5, 0.6) is 5.75 Å². The van der Waals surface area contributed by atoms with Gasteiger partial charge < -0.3 is 15.3 Å². The molecule has 82 valence electrons. The van der Waals surface area contributed by atoms with Gasteiger partial charge in [-0.05, 0) is 50.2 Å². The molecular weight excluding hydrogens is 188 g/mol. The number of piperidine rings is 1. The van der Waals surface area contributed by atoms with Crippen LogP contribution < -0.4 is 10.2 Å². The number of nitrogens with zero attached hydrogens (tertiary/aromatic N) is 1. The molecule has 1 fully saturated rings. The van der Waals surface area contributed by atoms with Gasteiger partial charge in [-0.1, -0.05) is 0 Å². The average molecular weight is 206 g/mol. The molecule has 1 saturated heterocycles. The Balaban J connectivity index is 2.05. The van der Waals surface area contributed by atoms with E-state index in [-0.39, 0.29) is 0 Å². The molecule has 0 radical (unpaired) electrons. The number of rotatable bonds is 2. The van der Waals surface area contributed by atoms with E-state index in [1.54, 1.807) is 12.1 Å². The molecule has 0 bridgehead atoms. The third-order valence-corrected chi connectivity index (χ3v) is 3.11. The maximum absolute atomic E-state index is 9.22. The number of phenolic OH excluding ortho intramolecular Hbond substituents is 1. The van der Waals surface area contributed by atoms with E-state index >= 15 is 0 Å². The first kappa shape index (κ1) is 10.3. The third kappa shape index (κ3) is 2.42. The van der Waals surface area contributed by atoms with Crippen molar-refractivity contribution in [2.75, 3.05) is 25.0 Å². The normalized spacial score (nSPS) is 17.7. The monoisotopic (exact) mass is 206 g/mol. The molecule has 0 aromatic heterocycles. The van der Waals surface area contributed by atoms with Gasteiger partial charge in [-0.15, -0.1) is 0 Å². The van der Waals surface area contributed by atoms with Crippen molar-refractivity contribution < 1.29 is 5.11 Å². The summed E-state index contributed by atoms with van der Waals surface area (Å²) < 4.78 is 0. The summed E-state index contributed by atoms with van der Waals surface area (Å²) in [5.74, 6) is 0.331. The van der Waals surface area contributed by atoms with E-state index < -0.39 is 0 Å². The van der Waals surface area contributed by atoms with Gasteiger partial charge in [-0.3, -0.25) is 0 Å². The number of phenols is 1. The minimum atomic E-state index is 0.331.